The van der Waals surface area contributed by atoms with Crippen LogP contribution in [0.15, 0.2) is 29.1 Å². The number of benzene rings is 1. The maximum Gasteiger partial charge on any atom is 0.335 e. The fourth-order valence-corrected chi connectivity index (χ4v) is 1.58. The molecule has 0 amide bonds. The van der Waals surface area contributed by atoms with E-state index in [0.717, 1.165) is 6.07 Å². The van der Waals surface area contributed by atoms with Crippen molar-refractivity contribution >= 4 is 17.3 Å². The van der Waals surface area contributed by atoms with Crippen LogP contribution in [0.1, 0.15) is 16.2 Å². The number of carbonyl (C=O) groups is 1. The zero-order valence-electron chi connectivity index (χ0n) is 10.1. The number of rotatable bonds is 6. The Hall–Kier alpha value is -2.97. The predicted octanol–water partition coefficient (Wildman–Crippen LogP) is 1.33. The third kappa shape index (κ3) is 3.07. The molecule has 0 aliphatic carbocycles. The van der Waals surface area contributed by atoms with Gasteiger partial charge in [0.1, 0.15) is 5.69 Å². The largest absolute Gasteiger partial charge is 0.478 e. The molecule has 0 bridgehead atoms. The van der Waals surface area contributed by atoms with E-state index in [1.165, 1.54) is 18.5 Å². The number of hydrogen-bond acceptors (Lipinski definition) is 7. The number of carboxylic acid groups (broad SMARTS) is 1. The molecule has 9 heteroatoms. The molecule has 2 aromatic rings. The molecule has 2 rings (SSSR count). The van der Waals surface area contributed by atoms with E-state index in [-0.39, 0.29) is 16.9 Å². The first-order valence-corrected chi connectivity index (χ1v) is 5.59. The number of nitro groups is 1. The number of nitrogens with one attached hydrogen (secondary N) is 1. The quantitative estimate of drug-likeness (QED) is 0.597. The number of nitrogens with zero attached hydrogens (tertiary/aromatic N) is 3. The van der Waals surface area contributed by atoms with Gasteiger partial charge in [0.15, 0.2) is 5.82 Å². The Bertz CT molecular complexity index is 626. The minimum Gasteiger partial charge on any atom is -0.478 e. The topological polar surface area (TPSA) is 131 Å². The van der Waals surface area contributed by atoms with Gasteiger partial charge in [0.2, 0.25) is 6.39 Å². The summed E-state index contributed by atoms with van der Waals surface area (Å²) in [7, 11) is 0. The van der Waals surface area contributed by atoms with E-state index >= 15 is 0 Å². The van der Waals surface area contributed by atoms with Gasteiger partial charge in [0, 0.05) is 19.0 Å². The van der Waals surface area contributed by atoms with Crippen LogP contribution >= 0.6 is 0 Å². The van der Waals surface area contributed by atoms with E-state index in [1.807, 2.05) is 0 Å². The Kier molecular flexibility index (Phi) is 3.89. The number of carboxylic acids is 1. The van der Waals surface area contributed by atoms with Gasteiger partial charge in [-0.2, -0.15) is 4.98 Å². The van der Waals surface area contributed by atoms with Crippen molar-refractivity contribution in [2.24, 2.45) is 0 Å². The van der Waals surface area contributed by atoms with Crippen LogP contribution in [0, 0.1) is 10.1 Å². The highest BCUT2D eigenvalue weighted by molar-refractivity contribution is 5.89. The maximum absolute atomic E-state index is 10.9. The summed E-state index contributed by atoms with van der Waals surface area (Å²) in [6, 6.07) is 3.67. The van der Waals surface area contributed by atoms with Crippen LogP contribution in [0.2, 0.25) is 0 Å². The van der Waals surface area contributed by atoms with E-state index in [1.54, 1.807) is 0 Å². The molecular weight excluding hydrogens is 268 g/mol. The molecule has 1 heterocycles. The molecule has 9 nitrogen and oxygen atoms in total. The van der Waals surface area contributed by atoms with Gasteiger partial charge >= 0.3 is 5.97 Å². The maximum atomic E-state index is 10.9. The number of aromatic carboxylic acids is 1. The average molecular weight is 278 g/mol. The minimum atomic E-state index is -1.22. The van der Waals surface area contributed by atoms with E-state index in [4.69, 9.17) is 5.11 Å². The van der Waals surface area contributed by atoms with Crippen molar-refractivity contribution in [1.82, 2.24) is 10.1 Å². The van der Waals surface area contributed by atoms with E-state index in [2.05, 4.69) is 20.0 Å². The van der Waals surface area contributed by atoms with Crippen molar-refractivity contribution in [2.45, 2.75) is 6.42 Å². The molecule has 0 unspecified atom stereocenters. The molecule has 20 heavy (non-hydrogen) atoms. The highest BCUT2D eigenvalue weighted by Gasteiger charge is 2.17. The van der Waals surface area contributed by atoms with Crippen LogP contribution in [-0.4, -0.2) is 32.7 Å². The summed E-state index contributed by atoms with van der Waals surface area (Å²) >= 11 is 0. The zero-order chi connectivity index (χ0) is 14.5. The summed E-state index contributed by atoms with van der Waals surface area (Å²) in [5.41, 5.74) is -0.193. The summed E-state index contributed by atoms with van der Waals surface area (Å²) in [5, 5.41) is 26.2. The highest BCUT2D eigenvalue weighted by Crippen LogP contribution is 2.25. The predicted molar refractivity (Wildman–Crippen MR) is 66.5 cm³/mol. The first-order valence-electron chi connectivity index (χ1n) is 5.59. The third-order valence-corrected chi connectivity index (χ3v) is 2.51. The Morgan fingerprint density at radius 2 is 2.30 bits per heavy atom. The molecule has 0 aliphatic heterocycles. The van der Waals surface area contributed by atoms with Crippen LogP contribution < -0.4 is 5.32 Å². The molecule has 0 aliphatic rings. The van der Waals surface area contributed by atoms with Crippen LogP contribution in [-0.2, 0) is 6.42 Å². The fourth-order valence-electron chi connectivity index (χ4n) is 1.58. The number of nitro benzene ring substituents is 1. The third-order valence-electron chi connectivity index (χ3n) is 2.51. The Balaban J connectivity index is 2.10. The lowest BCUT2D eigenvalue weighted by Crippen LogP contribution is -2.08. The van der Waals surface area contributed by atoms with Gasteiger partial charge in [-0.25, -0.2) is 4.79 Å². The molecule has 1 aromatic carbocycles. The van der Waals surface area contributed by atoms with Crippen molar-refractivity contribution in [1.29, 1.82) is 0 Å². The Morgan fingerprint density at radius 3 is 2.90 bits per heavy atom. The SMILES string of the molecule is O=C(O)c1ccc(NCCc2ncon2)c([N+](=O)[O-])c1. The van der Waals surface area contributed by atoms with Gasteiger partial charge in [0.25, 0.3) is 5.69 Å². The monoisotopic (exact) mass is 278 g/mol. The second kappa shape index (κ2) is 5.78. The lowest BCUT2D eigenvalue weighted by molar-refractivity contribution is -0.384. The standard InChI is InChI=1S/C11H10N4O5/c16-11(17)7-1-2-8(9(5-7)15(18)19)12-4-3-10-13-6-20-14-10/h1-2,5-6,12H,3-4H2,(H,16,17). The number of aromatic nitrogens is 2. The van der Waals surface area contributed by atoms with Crippen LogP contribution in [0.4, 0.5) is 11.4 Å². The summed E-state index contributed by atoms with van der Waals surface area (Å²) < 4.78 is 4.56. The molecular formula is C11H10N4O5. The fraction of sp³-hybridized carbons (Fsp3) is 0.182. The van der Waals surface area contributed by atoms with Gasteiger partial charge in [-0.15, -0.1) is 0 Å². The van der Waals surface area contributed by atoms with Gasteiger partial charge in [-0.3, -0.25) is 10.1 Å². The highest BCUT2D eigenvalue weighted by atomic mass is 16.6. The molecule has 0 atom stereocenters. The molecule has 0 spiro atoms. The second-order valence-corrected chi connectivity index (χ2v) is 3.82. The molecule has 2 N–H and O–H groups in total. The van der Waals surface area contributed by atoms with Gasteiger partial charge in [-0.1, -0.05) is 5.16 Å². The van der Waals surface area contributed by atoms with Crippen molar-refractivity contribution in [3.8, 4) is 0 Å². The van der Waals surface area contributed by atoms with Crippen molar-refractivity contribution < 1.29 is 19.3 Å². The molecule has 0 saturated carbocycles. The number of anilines is 1. The Morgan fingerprint density at radius 1 is 1.50 bits per heavy atom. The van der Waals surface area contributed by atoms with E-state index in [9.17, 15) is 14.9 Å². The number of hydrogen-bond donors (Lipinski definition) is 2. The molecule has 0 fully saturated rings. The smallest absolute Gasteiger partial charge is 0.335 e. The average Bonchev–Trinajstić information content (AvgIpc) is 2.91. The van der Waals surface area contributed by atoms with E-state index < -0.39 is 10.9 Å². The normalized spacial score (nSPS) is 10.2. The molecule has 1 aromatic heterocycles. The minimum absolute atomic E-state index is 0.139. The Labute approximate surface area is 112 Å². The van der Waals surface area contributed by atoms with Gasteiger partial charge in [0.05, 0.1) is 10.5 Å². The second-order valence-electron chi connectivity index (χ2n) is 3.82. The molecule has 0 radical (unpaired) electrons. The summed E-state index contributed by atoms with van der Waals surface area (Å²) in [6.45, 7) is 0.354. The van der Waals surface area contributed by atoms with Crippen LogP contribution in [0.3, 0.4) is 0 Å². The lowest BCUT2D eigenvalue weighted by atomic mass is 10.1. The van der Waals surface area contributed by atoms with Gasteiger partial charge < -0.3 is 14.9 Å². The van der Waals surface area contributed by atoms with Crippen molar-refractivity contribution in [3.63, 3.8) is 0 Å². The summed E-state index contributed by atoms with van der Waals surface area (Å²) in [4.78, 5) is 24.9. The van der Waals surface area contributed by atoms with Gasteiger partial charge in [-0.05, 0) is 12.1 Å². The first-order chi connectivity index (χ1) is 9.58. The van der Waals surface area contributed by atoms with E-state index in [0.29, 0.717) is 18.8 Å². The first kappa shape index (κ1) is 13.5. The van der Waals surface area contributed by atoms with Crippen LogP contribution in [0.25, 0.3) is 0 Å². The zero-order valence-corrected chi connectivity index (χ0v) is 10.1. The summed E-state index contributed by atoms with van der Waals surface area (Å²) in [5.74, 6) is -0.742. The van der Waals surface area contributed by atoms with Crippen LogP contribution in [0.5, 0.6) is 0 Å². The van der Waals surface area contributed by atoms with Crippen molar-refractivity contribution in [2.75, 3.05) is 11.9 Å². The molecule has 104 valence electrons. The molecule has 0 saturated heterocycles. The summed E-state index contributed by atoms with van der Waals surface area (Å²) in [6.07, 6.45) is 1.62. The lowest BCUT2D eigenvalue weighted by Gasteiger charge is -2.06. The van der Waals surface area contributed by atoms with Crippen molar-refractivity contribution in [3.05, 3.63) is 46.1 Å².